The van der Waals surface area contributed by atoms with Gasteiger partial charge < -0.3 is 9.64 Å². The minimum Gasteiger partial charge on any atom is -0.365 e. The van der Waals surface area contributed by atoms with Gasteiger partial charge in [-0.1, -0.05) is 30.3 Å². The van der Waals surface area contributed by atoms with Crippen molar-refractivity contribution in [2.75, 3.05) is 13.1 Å². The number of nitrogens with zero attached hydrogens (tertiary/aromatic N) is 1. The second kappa shape index (κ2) is 5.84. The predicted molar refractivity (Wildman–Crippen MR) is 67.4 cm³/mol. The summed E-state index contributed by atoms with van der Waals surface area (Å²) in [4.78, 5) is 12.2. The Morgan fingerprint density at radius 3 is 2.74 bits per heavy atom. The zero-order chi connectivity index (χ0) is 13.9. The first-order valence-corrected chi connectivity index (χ1v) is 6.34. The van der Waals surface area contributed by atoms with E-state index in [-0.39, 0.29) is 19.7 Å². The van der Waals surface area contributed by atoms with Crippen molar-refractivity contribution in [2.45, 2.75) is 25.1 Å². The summed E-state index contributed by atoms with van der Waals surface area (Å²) in [7, 11) is 0. The molecular weight excluding hydrogens is 276 g/mol. The average molecular weight is 290 g/mol. The van der Waals surface area contributed by atoms with Gasteiger partial charge in [0.15, 0.2) is 0 Å². The molecule has 6 heteroatoms. The standard InChI is InChI=1S/C13H14ClF2NO2/c14-12(18)17-7-6-13(15,16)11(8-17)19-9-10-4-2-1-3-5-10/h1-5,11H,6-9H2. The van der Waals surface area contributed by atoms with Gasteiger partial charge in [-0.25, -0.2) is 8.78 Å². The van der Waals surface area contributed by atoms with E-state index in [0.717, 1.165) is 5.56 Å². The van der Waals surface area contributed by atoms with Crippen molar-refractivity contribution in [3.05, 3.63) is 35.9 Å². The van der Waals surface area contributed by atoms with Crippen LogP contribution in [0, 0.1) is 0 Å². The highest BCUT2D eigenvalue weighted by atomic mass is 35.5. The van der Waals surface area contributed by atoms with E-state index in [1.54, 1.807) is 12.1 Å². The predicted octanol–water partition coefficient (Wildman–Crippen LogP) is 3.27. The highest BCUT2D eigenvalue weighted by molar-refractivity contribution is 6.62. The zero-order valence-corrected chi connectivity index (χ0v) is 10.9. The highest BCUT2D eigenvalue weighted by Gasteiger charge is 2.45. The Hall–Kier alpha value is -1.20. The maximum atomic E-state index is 13.7. The van der Waals surface area contributed by atoms with E-state index in [1.165, 1.54) is 4.90 Å². The lowest BCUT2D eigenvalue weighted by molar-refractivity contribution is -0.169. The van der Waals surface area contributed by atoms with Crippen LogP contribution in [-0.4, -0.2) is 35.4 Å². The van der Waals surface area contributed by atoms with Gasteiger partial charge in [-0.15, -0.1) is 0 Å². The van der Waals surface area contributed by atoms with Crippen molar-refractivity contribution < 1.29 is 18.3 Å². The molecule has 0 radical (unpaired) electrons. The Morgan fingerprint density at radius 1 is 1.42 bits per heavy atom. The normalized spacial score (nSPS) is 22.3. The summed E-state index contributed by atoms with van der Waals surface area (Å²) in [5.41, 5.74) is 0.813. The van der Waals surface area contributed by atoms with Crippen molar-refractivity contribution in [3.63, 3.8) is 0 Å². The molecule has 104 valence electrons. The summed E-state index contributed by atoms with van der Waals surface area (Å²) < 4.78 is 32.7. The molecule has 1 aliphatic rings. The van der Waals surface area contributed by atoms with Gasteiger partial charge in [0.05, 0.1) is 13.2 Å². The molecule has 1 fully saturated rings. The van der Waals surface area contributed by atoms with Crippen LogP contribution in [0.2, 0.25) is 0 Å². The molecule has 0 bridgehead atoms. The Balaban J connectivity index is 1.97. The van der Waals surface area contributed by atoms with Crippen molar-refractivity contribution in [1.82, 2.24) is 4.90 Å². The van der Waals surface area contributed by atoms with Gasteiger partial charge in [0, 0.05) is 13.0 Å². The van der Waals surface area contributed by atoms with Crippen LogP contribution in [0.5, 0.6) is 0 Å². The molecule has 19 heavy (non-hydrogen) atoms. The Bertz CT molecular complexity index is 442. The molecule has 1 heterocycles. The number of alkyl halides is 2. The molecule has 1 saturated heterocycles. The van der Waals surface area contributed by atoms with Gasteiger partial charge >= 0.3 is 5.37 Å². The second-order valence-corrected chi connectivity index (χ2v) is 4.82. The molecule has 1 unspecified atom stereocenters. The minimum atomic E-state index is -2.93. The molecule has 1 aliphatic heterocycles. The third kappa shape index (κ3) is 3.64. The fourth-order valence-electron chi connectivity index (χ4n) is 1.98. The third-order valence-corrected chi connectivity index (χ3v) is 3.35. The zero-order valence-electron chi connectivity index (χ0n) is 10.2. The monoisotopic (exact) mass is 289 g/mol. The van der Waals surface area contributed by atoms with Crippen molar-refractivity contribution in [2.24, 2.45) is 0 Å². The number of hydrogen-bond donors (Lipinski definition) is 0. The SMILES string of the molecule is O=C(Cl)N1CCC(F)(F)C(OCc2ccccc2)C1. The number of piperidine rings is 1. The third-order valence-electron chi connectivity index (χ3n) is 3.11. The molecule has 0 spiro atoms. The second-order valence-electron chi connectivity index (χ2n) is 4.50. The average Bonchev–Trinajstić information content (AvgIpc) is 2.38. The number of carbonyl (C=O) groups is 1. The Morgan fingerprint density at radius 2 is 2.11 bits per heavy atom. The molecule has 1 atom stereocenters. The van der Waals surface area contributed by atoms with Crippen LogP contribution in [0.3, 0.4) is 0 Å². The molecule has 0 saturated carbocycles. The molecule has 2 rings (SSSR count). The van der Waals surface area contributed by atoms with Gasteiger partial charge in [0.2, 0.25) is 0 Å². The molecule has 1 aromatic carbocycles. The number of benzene rings is 1. The molecule has 1 aromatic rings. The van der Waals surface area contributed by atoms with Crippen LogP contribution >= 0.6 is 11.6 Å². The van der Waals surface area contributed by atoms with Crippen molar-refractivity contribution in [1.29, 1.82) is 0 Å². The maximum Gasteiger partial charge on any atom is 0.316 e. The van der Waals surface area contributed by atoms with E-state index in [4.69, 9.17) is 16.3 Å². The number of carbonyl (C=O) groups excluding carboxylic acids is 1. The maximum absolute atomic E-state index is 13.7. The summed E-state index contributed by atoms with van der Waals surface area (Å²) in [5, 5.41) is -0.719. The lowest BCUT2D eigenvalue weighted by Crippen LogP contribution is -2.52. The van der Waals surface area contributed by atoms with Gasteiger partial charge in [-0.2, -0.15) is 0 Å². The van der Waals surface area contributed by atoms with Crippen LogP contribution in [0.1, 0.15) is 12.0 Å². The number of likely N-dealkylation sites (tertiary alicyclic amines) is 1. The van der Waals surface area contributed by atoms with E-state index in [1.807, 2.05) is 18.2 Å². The lowest BCUT2D eigenvalue weighted by atomic mass is 10.0. The summed E-state index contributed by atoms with van der Waals surface area (Å²) in [6.45, 7) is -0.131. The number of hydrogen-bond acceptors (Lipinski definition) is 2. The summed E-state index contributed by atoms with van der Waals surface area (Å²) in [6.07, 6.45) is -1.74. The summed E-state index contributed by atoms with van der Waals surface area (Å²) >= 11 is 5.32. The number of rotatable bonds is 3. The molecule has 1 amide bonds. The van der Waals surface area contributed by atoms with E-state index in [9.17, 15) is 13.6 Å². The smallest absolute Gasteiger partial charge is 0.316 e. The van der Waals surface area contributed by atoms with Crippen LogP contribution in [0.4, 0.5) is 13.6 Å². The van der Waals surface area contributed by atoms with Crippen molar-refractivity contribution >= 4 is 17.0 Å². The summed E-state index contributed by atoms with van der Waals surface area (Å²) in [5.74, 6) is -2.93. The van der Waals surface area contributed by atoms with Crippen molar-refractivity contribution in [3.8, 4) is 0 Å². The number of halogens is 3. The fourth-order valence-corrected chi connectivity index (χ4v) is 2.13. The first-order chi connectivity index (χ1) is 8.99. The lowest BCUT2D eigenvalue weighted by Gasteiger charge is -2.37. The van der Waals surface area contributed by atoms with E-state index in [0.29, 0.717) is 0 Å². The molecule has 0 N–H and O–H groups in total. The van der Waals surface area contributed by atoms with Crippen LogP contribution in [0.15, 0.2) is 30.3 Å². The number of amides is 1. The van der Waals surface area contributed by atoms with Crippen LogP contribution in [0.25, 0.3) is 0 Å². The minimum absolute atomic E-state index is 0.0411. The fraction of sp³-hybridized carbons (Fsp3) is 0.462. The van der Waals surface area contributed by atoms with E-state index >= 15 is 0 Å². The van der Waals surface area contributed by atoms with Gasteiger partial charge in [0.1, 0.15) is 6.10 Å². The molecule has 0 aromatic heterocycles. The Kier molecular flexibility index (Phi) is 4.37. The van der Waals surface area contributed by atoms with Gasteiger partial charge in [0.25, 0.3) is 5.92 Å². The van der Waals surface area contributed by atoms with Crippen LogP contribution < -0.4 is 0 Å². The largest absolute Gasteiger partial charge is 0.365 e. The quantitative estimate of drug-likeness (QED) is 0.631. The first kappa shape index (κ1) is 14.2. The van der Waals surface area contributed by atoms with E-state index in [2.05, 4.69) is 0 Å². The van der Waals surface area contributed by atoms with Crippen LogP contribution in [-0.2, 0) is 11.3 Å². The first-order valence-electron chi connectivity index (χ1n) is 5.97. The molecule has 0 aliphatic carbocycles. The van der Waals surface area contributed by atoms with E-state index < -0.39 is 23.8 Å². The Labute approximate surface area is 115 Å². The number of ether oxygens (including phenoxy) is 1. The van der Waals surface area contributed by atoms with Gasteiger partial charge in [-0.3, -0.25) is 4.79 Å². The molecular formula is C13H14ClF2NO2. The summed E-state index contributed by atoms with van der Waals surface area (Å²) in [6, 6.07) is 9.06. The highest BCUT2D eigenvalue weighted by Crippen LogP contribution is 2.31. The topological polar surface area (TPSA) is 29.5 Å². The van der Waals surface area contributed by atoms with Gasteiger partial charge in [-0.05, 0) is 17.2 Å². The molecule has 3 nitrogen and oxygen atoms in total.